The van der Waals surface area contributed by atoms with Crippen LogP contribution in [0, 0.1) is 5.41 Å². The maximum Gasteiger partial charge on any atom is 0.131 e. The largest absolute Gasteiger partial charge is 0.493 e. The van der Waals surface area contributed by atoms with Crippen LogP contribution in [0.4, 0.5) is 0 Å². The minimum Gasteiger partial charge on any atom is -0.493 e. The Morgan fingerprint density at radius 3 is 2.52 bits per heavy atom. The van der Waals surface area contributed by atoms with E-state index in [0.29, 0.717) is 6.61 Å². The predicted octanol–water partition coefficient (Wildman–Crippen LogP) is 4.82. The number of hydrogen-bond donors (Lipinski definition) is 2. The summed E-state index contributed by atoms with van der Waals surface area (Å²) < 4.78 is 5.86. The molecule has 0 saturated heterocycles. The predicted molar refractivity (Wildman–Crippen MR) is 92.7 cm³/mol. The minimum atomic E-state index is 0.0875. The number of benzene rings is 1. The molecule has 0 amide bonds. The Morgan fingerprint density at radius 1 is 1.14 bits per heavy atom. The van der Waals surface area contributed by atoms with Crippen LogP contribution in [-0.2, 0) is 0 Å². The molecule has 0 aliphatic carbocycles. The Labute approximate surface area is 133 Å². The van der Waals surface area contributed by atoms with Crippen LogP contribution in [0.2, 0.25) is 0 Å². The van der Waals surface area contributed by atoms with Gasteiger partial charge in [-0.2, -0.15) is 0 Å². The van der Waals surface area contributed by atoms with Crippen molar-refractivity contribution < 1.29 is 4.74 Å². The molecule has 1 rings (SSSR count). The van der Waals surface area contributed by atoms with Crippen LogP contribution in [0.15, 0.2) is 23.1 Å². The zero-order valence-corrected chi connectivity index (χ0v) is 14.1. The van der Waals surface area contributed by atoms with E-state index in [9.17, 15) is 0 Å². The second kappa shape index (κ2) is 10.6. The number of unbranched alkanes of at least 4 members (excludes halogenated alkanes) is 5. The standard InChI is InChI=1S/C17H28N2OS/c1-3-5-6-7-8-9-13-20-14-11-10-12-15(21-4-2)16(14)17(18)19/h10-12H,3-9,13H2,1-2H3,(H3,18,19). The lowest BCUT2D eigenvalue weighted by Gasteiger charge is -2.14. The average molecular weight is 308 g/mol. The zero-order chi connectivity index (χ0) is 15.5. The van der Waals surface area contributed by atoms with Crippen molar-refractivity contribution in [2.75, 3.05) is 12.4 Å². The van der Waals surface area contributed by atoms with Gasteiger partial charge in [-0.1, -0.05) is 52.0 Å². The molecule has 21 heavy (non-hydrogen) atoms. The highest BCUT2D eigenvalue weighted by Crippen LogP contribution is 2.29. The highest BCUT2D eigenvalue weighted by atomic mass is 32.2. The number of ether oxygens (including phenoxy) is 1. The maximum absolute atomic E-state index is 7.77. The molecule has 0 radical (unpaired) electrons. The Kier molecular flexibility index (Phi) is 8.99. The topological polar surface area (TPSA) is 59.1 Å². The number of nitrogen functional groups attached to an aromatic ring is 1. The van der Waals surface area contributed by atoms with E-state index >= 15 is 0 Å². The molecule has 0 heterocycles. The van der Waals surface area contributed by atoms with Gasteiger partial charge < -0.3 is 10.5 Å². The lowest BCUT2D eigenvalue weighted by Crippen LogP contribution is -2.15. The van der Waals surface area contributed by atoms with Crippen molar-refractivity contribution in [2.24, 2.45) is 5.73 Å². The van der Waals surface area contributed by atoms with Gasteiger partial charge in [0.15, 0.2) is 0 Å². The van der Waals surface area contributed by atoms with Gasteiger partial charge in [0.2, 0.25) is 0 Å². The number of hydrogen-bond acceptors (Lipinski definition) is 3. The first kappa shape index (κ1) is 17.9. The summed E-state index contributed by atoms with van der Waals surface area (Å²) in [6, 6.07) is 5.89. The third kappa shape index (κ3) is 6.42. The minimum absolute atomic E-state index is 0.0875. The highest BCUT2D eigenvalue weighted by molar-refractivity contribution is 7.99. The molecule has 0 aliphatic heterocycles. The molecule has 0 spiro atoms. The van der Waals surface area contributed by atoms with Gasteiger partial charge in [-0.05, 0) is 24.3 Å². The van der Waals surface area contributed by atoms with Gasteiger partial charge in [-0.3, -0.25) is 5.41 Å². The summed E-state index contributed by atoms with van der Waals surface area (Å²) in [5.41, 5.74) is 6.47. The molecule has 0 atom stereocenters. The molecule has 0 saturated carbocycles. The molecular weight excluding hydrogens is 280 g/mol. The average Bonchev–Trinajstić information content (AvgIpc) is 2.46. The van der Waals surface area contributed by atoms with Crippen molar-refractivity contribution in [3.05, 3.63) is 23.8 Å². The summed E-state index contributed by atoms with van der Waals surface area (Å²) in [7, 11) is 0. The number of nitrogens with one attached hydrogen (secondary N) is 1. The van der Waals surface area contributed by atoms with Gasteiger partial charge in [0.25, 0.3) is 0 Å². The molecule has 0 unspecified atom stereocenters. The van der Waals surface area contributed by atoms with Crippen LogP contribution in [0.3, 0.4) is 0 Å². The molecule has 0 fully saturated rings. The van der Waals surface area contributed by atoms with Gasteiger partial charge in [0, 0.05) is 4.90 Å². The fourth-order valence-electron chi connectivity index (χ4n) is 2.24. The molecule has 3 nitrogen and oxygen atoms in total. The molecule has 4 heteroatoms. The molecule has 0 aliphatic rings. The summed E-state index contributed by atoms with van der Waals surface area (Å²) >= 11 is 1.70. The molecule has 0 bridgehead atoms. The third-order valence-electron chi connectivity index (χ3n) is 3.31. The fourth-order valence-corrected chi connectivity index (χ4v) is 3.08. The van der Waals surface area contributed by atoms with Crippen molar-refractivity contribution in [1.29, 1.82) is 5.41 Å². The Morgan fingerprint density at radius 2 is 1.86 bits per heavy atom. The third-order valence-corrected chi connectivity index (χ3v) is 4.25. The molecular formula is C17H28N2OS. The molecule has 118 valence electrons. The quantitative estimate of drug-likeness (QED) is 0.266. The number of amidine groups is 1. The van der Waals surface area contributed by atoms with E-state index in [4.69, 9.17) is 15.9 Å². The highest BCUT2D eigenvalue weighted by Gasteiger charge is 2.12. The van der Waals surface area contributed by atoms with Crippen molar-refractivity contribution >= 4 is 17.6 Å². The Balaban J connectivity index is 2.50. The smallest absolute Gasteiger partial charge is 0.131 e. The maximum atomic E-state index is 7.77. The summed E-state index contributed by atoms with van der Waals surface area (Å²) in [5.74, 6) is 1.79. The Hall–Kier alpha value is -1.16. The lowest BCUT2D eigenvalue weighted by atomic mass is 10.1. The first-order valence-electron chi connectivity index (χ1n) is 7.93. The van der Waals surface area contributed by atoms with Crippen molar-refractivity contribution in [3.63, 3.8) is 0 Å². The number of thioether (sulfide) groups is 1. The van der Waals surface area contributed by atoms with E-state index in [-0.39, 0.29) is 5.84 Å². The molecule has 0 aromatic heterocycles. The summed E-state index contributed by atoms with van der Waals surface area (Å²) in [5, 5.41) is 7.77. The lowest BCUT2D eigenvalue weighted by molar-refractivity contribution is 0.303. The monoisotopic (exact) mass is 308 g/mol. The van der Waals surface area contributed by atoms with Gasteiger partial charge >= 0.3 is 0 Å². The Bertz CT molecular complexity index is 435. The second-order valence-corrected chi connectivity index (χ2v) is 6.40. The van der Waals surface area contributed by atoms with Crippen molar-refractivity contribution in [1.82, 2.24) is 0 Å². The first-order chi connectivity index (χ1) is 10.2. The summed E-state index contributed by atoms with van der Waals surface area (Å²) in [6.07, 6.45) is 7.47. The van der Waals surface area contributed by atoms with E-state index in [0.717, 1.165) is 28.4 Å². The van der Waals surface area contributed by atoms with Gasteiger partial charge in [0.1, 0.15) is 11.6 Å². The normalized spacial score (nSPS) is 10.6. The van der Waals surface area contributed by atoms with Crippen LogP contribution >= 0.6 is 11.8 Å². The van der Waals surface area contributed by atoms with E-state index in [2.05, 4.69) is 13.8 Å². The summed E-state index contributed by atoms with van der Waals surface area (Å²) in [6.45, 7) is 5.03. The zero-order valence-electron chi connectivity index (χ0n) is 13.3. The number of nitrogens with two attached hydrogens (primary N) is 1. The van der Waals surface area contributed by atoms with E-state index in [1.54, 1.807) is 11.8 Å². The van der Waals surface area contributed by atoms with Crippen LogP contribution in [-0.4, -0.2) is 18.2 Å². The van der Waals surface area contributed by atoms with Crippen LogP contribution in [0.1, 0.15) is 57.9 Å². The fraction of sp³-hybridized carbons (Fsp3) is 0.588. The number of rotatable bonds is 11. The van der Waals surface area contributed by atoms with Crippen LogP contribution in [0.25, 0.3) is 0 Å². The SMILES string of the molecule is CCCCCCCCOc1cccc(SCC)c1C(=N)N. The molecule has 1 aromatic carbocycles. The molecule has 1 aromatic rings. The van der Waals surface area contributed by atoms with Crippen LogP contribution in [0.5, 0.6) is 5.75 Å². The van der Waals surface area contributed by atoms with E-state index in [1.165, 1.54) is 32.1 Å². The van der Waals surface area contributed by atoms with Crippen molar-refractivity contribution in [2.45, 2.75) is 57.3 Å². The van der Waals surface area contributed by atoms with E-state index in [1.807, 2.05) is 18.2 Å². The summed E-state index contributed by atoms with van der Waals surface area (Å²) in [4.78, 5) is 1.03. The first-order valence-corrected chi connectivity index (χ1v) is 8.92. The van der Waals surface area contributed by atoms with Gasteiger partial charge in [-0.15, -0.1) is 11.8 Å². The van der Waals surface area contributed by atoms with Gasteiger partial charge in [-0.25, -0.2) is 0 Å². The van der Waals surface area contributed by atoms with Crippen molar-refractivity contribution in [3.8, 4) is 5.75 Å². The van der Waals surface area contributed by atoms with Gasteiger partial charge in [0.05, 0.1) is 12.2 Å². The second-order valence-electron chi connectivity index (χ2n) is 5.09. The van der Waals surface area contributed by atoms with Crippen LogP contribution < -0.4 is 10.5 Å². The molecule has 3 N–H and O–H groups in total. The van der Waals surface area contributed by atoms with E-state index < -0.39 is 0 Å².